The van der Waals surface area contributed by atoms with Crippen LogP contribution in [0.15, 0.2) is 46.5 Å². The van der Waals surface area contributed by atoms with Crippen LogP contribution in [0.2, 0.25) is 5.02 Å². The first-order valence-corrected chi connectivity index (χ1v) is 10.4. The van der Waals surface area contributed by atoms with Crippen LogP contribution in [0.4, 0.5) is 0 Å². The maximum atomic E-state index is 11.1. The number of nitrogens with zero attached hydrogens (tertiary/aromatic N) is 2. The van der Waals surface area contributed by atoms with Gasteiger partial charge in [0.2, 0.25) is 0 Å². The number of carbonyl (C=O) groups is 1. The number of rotatable bonds is 7. The van der Waals surface area contributed by atoms with Gasteiger partial charge in [-0.25, -0.2) is 4.79 Å². The molecule has 0 fully saturated rings. The first-order chi connectivity index (χ1) is 13.5. The van der Waals surface area contributed by atoms with Crippen molar-refractivity contribution in [3.8, 4) is 0 Å². The molecular weight excluding hydrogens is 396 g/mol. The molecule has 0 saturated carbocycles. The van der Waals surface area contributed by atoms with E-state index in [-0.39, 0.29) is 0 Å². The van der Waals surface area contributed by atoms with E-state index in [1.54, 1.807) is 17.4 Å². The molecule has 0 saturated heterocycles. The van der Waals surface area contributed by atoms with E-state index in [1.165, 1.54) is 0 Å². The van der Waals surface area contributed by atoms with Gasteiger partial charge in [-0.1, -0.05) is 28.9 Å². The zero-order valence-electron chi connectivity index (χ0n) is 15.9. The SMILES string of the molecule is Cc1cc(Cl)ccc1C(=NOCCN1CCC=C(C(=O)O)C1)c1sccc1C. The Morgan fingerprint density at radius 2 is 2.14 bits per heavy atom. The van der Waals surface area contributed by atoms with Crippen molar-refractivity contribution in [3.63, 3.8) is 0 Å². The van der Waals surface area contributed by atoms with E-state index in [9.17, 15) is 4.79 Å². The molecule has 0 amide bonds. The first-order valence-electron chi connectivity index (χ1n) is 9.11. The van der Waals surface area contributed by atoms with Crippen LogP contribution in [-0.4, -0.2) is 47.9 Å². The fourth-order valence-corrected chi connectivity index (χ4v) is 4.30. The van der Waals surface area contributed by atoms with Crippen LogP contribution >= 0.6 is 22.9 Å². The van der Waals surface area contributed by atoms with Crippen molar-refractivity contribution in [2.75, 3.05) is 26.2 Å². The molecule has 7 heteroatoms. The number of hydrogen-bond donors (Lipinski definition) is 1. The highest BCUT2D eigenvalue weighted by Gasteiger charge is 2.18. The summed E-state index contributed by atoms with van der Waals surface area (Å²) in [7, 11) is 0. The van der Waals surface area contributed by atoms with Crippen molar-refractivity contribution in [1.82, 2.24) is 4.90 Å². The van der Waals surface area contributed by atoms with Crippen LogP contribution in [0.25, 0.3) is 0 Å². The van der Waals surface area contributed by atoms with Crippen molar-refractivity contribution < 1.29 is 14.7 Å². The Labute approximate surface area is 173 Å². The molecule has 5 nitrogen and oxygen atoms in total. The summed E-state index contributed by atoms with van der Waals surface area (Å²) in [6, 6.07) is 7.81. The molecule has 2 heterocycles. The van der Waals surface area contributed by atoms with Gasteiger partial charge in [-0.2, -0.15) is 0 Å². The molecule has 0 aliphatic carbocycles. The van der Waals surface area contributed by atoms with Crippen LogP contribution < -0.4 is 0 Å². The van der Waals surface area contributed by atoms with E-state index in [1.807, 2.05) is 30.5 Å². The van der Waals surface area contributed by atoms with Gasteiger partial charge in [-0.15, -0.1) is 11.3 Å². The van der Waals surface area contributed by atoms with Crippen molar-refractivity contribution in [3.05, 3.63) is 67.9 Å². The number of carboxylic acids is 1. The van der Waals surface area contributed by atoms with Gasteiger partial charge in [0.1, 0.15) is 12.3 Å². The number of hydrogen-bond acceptors (Lipinski definition) is 5. The van der Waals surface area contributed by atoms with Gasteiger partial charge in [0, 0.05) is 35.8 Å². The standard InChI is InChI=1S/C21H23ClN2O3S/c1-14-7-11-28-20(14)19(18-6-5-17(22)12-15(18)2)23-27-10-9-24-8-3-4-16(13-24)21(25)26/h4-7,11-12H,3,8-10,13H2,1-2H3,(H,25,26). The zero-order valence-corrected chi connectivity index (χ0v) is 17.5. The van der Waals surface area contributed by atoms with E-state index in [0.717, 1.165) is 40.2 Å². The quantitative estimate of drug-likeness (QED) is 0.408. The van der Waals surface area contributed by atoms with Crippen molar-refractivity contribution >= 4 is 34.6 Å². The van der Waals surface area contributed by atoms with Gasteiger partial charge in [0.15, 0.2) is 0 Å². The fourth-order valence-electron chi connectivity index (χ4n) is 3.15. The van der Waals surface area contributed by atoms with Gasteiger partial charge < -0.3 is 9.94 Å². The molecule has 3 rings (SSSR count). The third-order valence-electron chi connectivity index (χ3n) is 4.68. The van der Waals surface area contributed by atoms with Crippen LogP contribution in [0, 0.1) is 13.8 Å². The molecule has 1 aromatic carbocycles. The van der Waals surface area contributed by atoms with Crippen LogP contribution in [0.3, 0.4) is 0 Å². The highest BCUT2D eigenvalue weighted by Crippen LogP contribution is 2.24. The first kappa shape index (κ1) is 20.6. The van der Waals surface area contributed by atoms with Gasteiger partial charge in [-0.05, 0) is 55.0 Å². The summed E-state index contributed by atoms with van der Waals surface area (Å²) in [5, 5.41) is 16.3. The summed E-state index contributed by atoms with van der Waals surface area (Å²) in [4.78, 5) is 19.9. The number of halogens is 1. The molecule has 0 bridgehead atoms. The average Bonchev–Trinajstić information content (AvgIpc) is 3.08. The Morgan fingerprint density at radius 1 is 1.32 bits per heavy atom. The maximum Gasteiger partial charge on any atom is 0.332 e. The topological polar surface area (TPSA) is 62.1 Å². The van der Waals surface area contributed by atoms with Gasteiger partial charge >= 0.3 is 5.97 Å². The third kappa shape index (κ3) is 5.01. The number of thiophene rings is 1. The number of oxime groups is 1. The summed E-state index contributed by atoms with van der Waals surface area (Å²) in [5.74, 6) is -0.850. The molecule has 0 unspecified atom stereocenters. The molecule has 1 N–H and O–H groups in total. The highest BCUT2D eigenvalue weighted by atomic mass is 35.5. The fraction of sp³-hybridized carbons (Fsp3) is 0.333. The second kappa shape index (κ2) is 9.37. The number of carboxylic acid groups (broad SMARTS) is 1. The number of aliphatic carboxylic acids is 1. The summed E-state index contributed by atoms with van der Waals surface area (Å²) < 4.78 is 0. The van der Waals surface area contributed by atoms with Crippen molar-refractivity contribution in [2.45, 2.75) is 20.3 Å². The molecule has 0 spiro atoms. The minimum Gasteiger partial charge on any atom is -0.478 e. The monoisotopic (exact) mass is 418 g/mol. The lowest BCUT2D eigenvalue weighted by Gasteiger charge is -2.24. The zero-order chi connectivity index (χ0) is 20.1. The Morgan fingerprint density at radius 3 is 2.82 bits per heavy atom. The lowest BCUT2D eigenvalue weighted by Crippen LogP contribution is -2.34. The molecule has 1 aliphatic rings. The van der Waals surface area contributed by atoms with Crippen LogP contribution in [0.1, 0.15) is 28.0 Å². The summed E-state index contributed by atoms with van der Waals surface area (Å²) in [6.07, 6.45) is 2.54. The summed E-state index contributed by atoms with van der Waals surface area (Å²) >= 11 is 7.73. The predicted molar refractivity (Wildman–Crippen MR) is 114 cm³/mol. The average molecular weight is 419 g/mol. The van der Waals surface area contributed by atoms with Gasteiger partial charge in [-0.3, -0.25) is 4.90 Å². The minimum atomic E-state index is -0.850. The van der Waals surface area contributed by atoms with E-state index < -0.39 is 5.97 Å². The van der Waals surface area contributed by atoms with E-state index in [2.05, 4.69) is 23.0 Å². The normalized spacial score (nSPS) is 15.4. The number of benzene rings is 1. The highest BCUT2D eigenvalue weighted by molar-refractivity contribution is 7.12. The molecule has 0 atom stereocenters. The van der Waals surface area contributed by atoms with Crippen molar-refractivity contribution in [1.29, 1.82) is 0 Å². The Bertz CT molecular complexity index is 920. The molecule has 2 aromatic rings. The van der Waals surface area contributed by atoms with Gasteiger partial charge in [0.25, 0.3) is 0 Å². The van der Waals surface area contributed by atoms with Crippen LogP contribution in [0.5, 0.6) is 0 Å². The van der Waals surface area contributed by atoms with Crippen molar-refractivity contribution in [2.24, 2.45) is 5.16 Å². The second-order valence-corrected chi connectivity index (χ2v) is 8.12. The van der Waals surface area contributed by atoms with E-state index in [0.29, 0.717) is 30.3 Å². The lowest BCUT2D eigenvalue weighted by molar-refractivity contribution is -0.133. The molecule has 1 aromatic heterocycles. The third-order valence-corrected chi connectivity index (χ3v) is 5.94. The molecule has 1 aliphatic heterocycles. The Kier molecular flexibility index (Phi) is 6.88. The molecule has 0 radical (unpaired) electrons. The number of aryl methyl sites for hydroxylation is 2. The van der Waals surface area contributed by atoms with Gasteiger partial charge in [0.05, 0.1) is 4.88 Å². The summed E-state index contributed by atoms with van der Waals surface area (Å²) in [6.45, 7) is 6.36. The predicted octanol–water partition coefficient (Wildman–Crippen LogP) is 4.50. The maximum absolute atomic E-state index is 11.1. The summed E-state index contributed by atoms with van der Waals surface area (Å²) in [5.41, 5.74) is 4.42. The minimum absolute atomic E-state index is 0.396. The molecule has 148 valence electrons. The second-order valence-electron chi connectivity index (χ2n) is 6.76. The lowest BCUT2D eigenvalue weighted by atomic mass is 10.0. The Hall–Kier alpha value is -2.15. The molecule has 28 heavy (non-hydrogen) atoms. The Balaban J connectivity index is 1.71. The van der Waals surface area contributed by atoms with E-state index in [4.69, 9.17) is 21.5 Å². The smallest absolute Gasteiger partial charge is 0.332 e. The van der Waals surface area contributed by atoms with Crippen LogP contribution in [-0.2, 0) is 9.63 Å². The largest absolute Gasteiger partial charge is 0.478 e. The molecular formula is C21H23ClN2O3S. The van der Waals surface area contributed by atoms with E-state index >= 15 is 0 Å².